The normalized spacial score (nSPS) is 21.4. The number of hydrogen-bond donors (Lipinski definition) is 6. The lowest BCUT2D eigenvalue weighted by Gasteiger charge is -2.23. The number of carboxylic acids is 1. The van der Waals surface area contributed by atoms with Crippen molar-refractivity contribution in [3.63, 3.8) is 0 Å². The first-order valence-electron chi connectivity index (χ1n) is 13.5. The maximum atomic E-state index is 11.1. The van der Waals surface area contributed by atoms with E-state index in [0.29, 0.717) is 24.3 Å². The zero-order chi connectivity index (χ0) is 28.9. The van der Waals surface area contributed by atoms with Crippen LogP contribution in [0.4, 0.5) is 0 Å². The van der Waals surface area contributed by atoms with Gasteiger partial charge in [-0.15, -0.1) is 6.58 Å². The van der Waals surface area contributed by atoms with Gasteiger partial charge in [0.1, 0.15) is 11.9 Å². The van der Waals surface area contributed by atoms with Gasteiger partial charge in [-0.3, -0.25) is 4.79 Å². The van der Waals surface area contributed by atoms with Gasteiger partial charge < -0.3 is 30.6 Å². The molecule has 0 saturated heterocycles. The molecule has 0 rings (SSSR count). The topological polar surface area (TPSA) is 138 Å². The molecule has 0 heterocycles. The molecule has 37 heavy (non-hydrogen) atoms. The number of aliphatic carboxylic acids is 1. The summed E-state index contributed by atoms with van der Waals surface area (Å²) in [5, 5.41) is 61.2. The molecule has 0 spiro atoms. The van der Waals surface area contributed by atoms with E-state index in [1.807, 2.05) is 6.92 Å². The fourth-order valence-corrected chi connectivity index (χ4v) is 4.06. The van der Waals surface area contributed by atoms with Crippen LogP contribution in [0.2, 0.25) is 0 Å². The SMILES string of the molecule is C=C[C@@H](/C=C(\O)[C@H](O)[C@@H](C)/C=C/[C@H](O)[C@H](C)CC[C@H](O)[C@@H](C)/C=C(\C)[C@H](O)[C@@H](C)C(=O)O)C[C@@H](C)CC. The molecule has 0 aromatic heterocycles. The largest absolute Gasteiger partial charge is 0.510 e. The summed E-state index contributed by atoms with van der Waals surface area (Å²) >= 11 is 0. The molecule has 0 aliphatic heterocycles. The van der Waals surface area contributed by atoms with Gasteiger partial charge in [0.2, 0.25) is 0 Å². The zero-order valence-corrected chi connectivity index (χ0v) is 23.8. The molecule has 7 nitrogen and oxygen atoms in total. The molecule has 6 N–H and O–H groups in total. The number of allylic oxidation sites excluding steroid dienone is 2. The first-order valence-corrected chi connectivity index (χ1v) is 13.5. The average Bonchev–Trinajstić information content (AvgIpc) is 2.87. The van der Waals surface area contributed by atoms with Gasteiger partial charge in [0, 0.05) is 11.8 Å². The summed E-state index contributed by atoms with van der Waals surface area (Å²) in [5.41, 5.74) is 0.501. The molecule has 0 aliphatic carbocycles. The third-order valence-electron chi connectivity index (χ3n) is 7.44. The van der Waals surface area contributed by atoms with Gasteiger partial charge in [0.15, 0.2) is 0 Å². The van der Waals surface area contributed by atoms with Crippen LogP contribution >= 0.6 is 0 Å². The quantitative estimate of drug-likeness (QED) is 0.109. The fraction of sp³-hybridized carbons (Fsp3) is 0.700. The van der Waals surface area contributed by atoms with E-state index in [1.54, 1.807) is 51.2 Å². The summed E-state index contributed by atoms with van der Waals surface area (Å²) in [7, 11) is 0. The van der Waals surface area contributed by atoms with E-state index in [9.17, 15) is 30.3 Å². The minimum atomic E-state index is -1.12. The Hall–Kier alpha value is -1.93. The molecular formula is C30H52O7. The Kier molecular flexibility index (Phi) is 16.6. The Balaban J connectivity index is 4.91. The highest BCUT2D eigenvalue weighted by atomic mass is 16.4. The lowest BCUT2D eigenvalue weighted by molar-refractivity contribution is -0.144. The predicted octanol–water partition coefficient (Wildman–Crippen LogP) is 5.02. The van der Waals surface area contributed by atoms with Crippen LogP contribution in [0, 0.1) is 35.5 Å². The molecule has 0 amide bonds. The van der Waals surface area contributed by atoms with Crippen molar-refractivity contribution in [1.29, 1.82) is 0 Å². The van der Waals surface area contributed by atoms with Crippen molar-refractivity contribution in [3.05, 3.63) is 48.3 Å². The smallest absolute Gasteiger partial charge is 0.309 e. The van der Waals surface area contributed by atoms with Crippen LogP contribution in [0.15, 0.2) is 48.3 Å². The van der Waals surface area contributed by atoms with Gasteiger partial charge in [-0.1, -0.05) is 65.3 Å². The Labute approximate surface area is 223 Å². The van der Waals surface area contributed by atoms with Gasteiger partial charge in [-0.25, -0.2) is 0 Å². The molecule has 10 atom stereocenters. The molecule has 0 radical (unpaired) electrons. The van der Waals surface area contributed by atoms with Crippen molar-refractivity contribution < 1.29 is 35.4 Å². The molecule has 0 bridgehead atoms. The van der Waals surface area contributed by atoms with E-state index in [1.165, 1.54) is 6.92 Å². The Morgan fingerprint density at radius 3 is 1.97 bits per heavy atom. The second-order valence-electron chi connectivity index (χ2n) is 10.9. The van der Waals surface area contributed by atoms with Crippen molar-refractivity contribution in [2.24, 2.45) is 35.5 Å². The molecular weight excluding hydrogens is 472 g/mol. The van der Waals surface area contributed by atoms with Crippen LogP contribution in [-0.4, -0.2) is 61.0 Å². The van der Waals surface area contributed by atoms with Gasteiger partial charge in [-0.05, 0) is 62.5 Å². The van der Waals surface area contributed by atoms with E-state index in [0.717, 1.165) is 12.8 Å². The number of carboxylic acid groups (broad SMARTS) is 1. The lowest BCUT2D eigenvalue weighted by Crippen LogP contribution is -2.27. The second kappa shape index (κ2) is 17.6. The summed E-state index contributed by atoms with van der Waals surface area (Å²) in [6.07, 6.45) is 7.53. The van der Waals surface area contributed by atoms with E-state index < -0.39 is 42.2 Å². The number of aliphatic hydroxyl groups is 5. The minimum Gasteiger partial charge on any atom is -0.510 e. The van der Waals surface area contributed by atoms with Gasteiger partial charge >= 0.3 is 5.97 Å². The van der Waals surface area contributed by atoms with Crippen LogP contribution in [0.5, 0.6) is 0 Å². The minimum absolute atomic E-state index is 0.0253. The Bertz CT molecular complexity index is 772. The summed E-state index contributed by atoms with van der Waals surface area (Å²) in [5.74, 6) is -2.53. The van der Waals surface area contributed by atoms with Crippen molar-refractivity contribution >= 4 is 5.97 Å². The van der Waals surface area contributed by atoms with Crippen molar-refractivity contribution in [3.8, 4) is 0 Å². The van der Waals surface area contributed by atoms with Crippen LogP contribution in [0.25, 0.3) is 0 Å². The third-order valence-corrected chi connectivity index (χ3v) is 7.44. The lowest BCUT2D eigenvalue weighted by atomic mass is 9.89. The van der Waals surface area contributed by atoms with Gasteiger partial charge in [0.25, 0.3) is 0 Å². The molecule has 0 aromatic carbocycles. The maximum absolute atomic E-state index is 11.1. The monoisotopic (exact) mass is 524 g/mol. The summed E-state index contributed by atoms with van der Waals surface area (Å²) in [6, 6.07) is 0. The van der Waals surface area contributed by atoms with Gasteiger partial charge in [-0.2, -0.15) is 0 Å². The average molecular weight is 525 g/mol. The molecule has 0 unspecified atom stereocenters. The highest BCUT2D eigenvalue weighted by Gasteiger charge is 2.24. The van der Waals surface area contributed by atoms with Crippen LogP contribution in [0.1, 0.15) is 74.1 Å². The van der Waals surface area contributed by atoms with Gasteiger partial charge in [0.05, 0.1) is 24.2 Å². The van der Waals surface area contributed by atoms with Crippen molar-refractivity contribution in [2.75, 3.05) is 0 Å². The van der Waals surface area contributed by atoms with E-state index in [2.05, 4.69) is 20.4 Å². The first kappa shape index (κ1) is 35.1. The van der Waals surface area contributed by atoms with Crippen LogP contribution < -0.4 is 0 Å². The molecule has 0 saturated carbocycles. The molecule has 0 aliphatic rings. The Morgan fingerprint density at radius 2 is 1.46 bits per heavy atom. The summed E-state index contributed by atoms with van der Waals surface area (Å²) in [4.78, 5) is 11.1. The maximum Gasteiger partial charge on any atom is 0.309 e. The van der Waals surface area contributed by atoms with Crippen molar-refractivity contribution in [1.82, 2.24) is 0 Å². The standard InChI is InChI=1S/C30H52O7/c1-9-18(3)15-24(10-2)17-27(33)29(35)20(5)12-14-25(31)19(4)11-13-26(32)21(6)16-22(7)28(34)23(8)30(36)37/h10,12,14,16-21,23-26,28-29,31-35H,2,9,11,13,15H2,1,3-8H3,(H,36,37)/b14-12+,22-16+,27-17-/t18-,19+,20-,21-,23+,24+,25-,26-,28-,29+/m0/s1. The molecule has 214 valence electrons. The van der Waals surface area contributed by atoms with Crippen LogP contribution in [0.3, 0.4) is 0 Å². The number of rotatable bonds is 18. The fourth-order valence-electron chi connectivity index (χ4n) is 4.06. The highest BCUT2D eigenvalue weighted by molar-refractivity contribution is 5.70. The van der Waals surface area contributed by atoms with Crippen molar-refractivity contribution in [2.45, 2.75) is 98.6 Å². The number of carbonyl (C=O) groups is 1. The first-order chi connectivity index (χ1) is 17.2. The zero-order valence-electron chi connectivity index (χ0n) is 23.8. The molecule has 0 aromatic rings. The van der Waals surface area contributed by atoms with E-state index in [4.69, 9.17) is 5.11 Å². The molecule has 7 heteroatoms. The highest BCUT2D eigenvalue weighted by Crippen LogP contribution is 2.23. The number of aliphatic hydroxyl groups excluding tert-OH is 5. The van der Waals surface area contributed by atoms with Crippen LogP contribution in [-0.2, 0) is 4.79 Å². The van der Waals surface area contributed by atoms with E-state index in [-0.39, 0.29) is 23.5 Å². The Morgan fingerprint density at radius 1 is 0.865 bits per heavy atom. The number of hydrogen-bond acceptors (Lipinski definition) is 6. The van der Waals surface area contributed by atoms with E-state index >= 15 is 0 Å². The molecule has 0 fully saturated rings. The predicted molar refractivity (Wildman–Crippen MR) is 149 cm³/mol. The third kappa shape index (κ3) is 12.9. The second-order valence-corrected chi connectivity index (χ2v) is 10.9. The summed E-state index contributed by atoms with van der Waals surface area (Å²) in [6.45, 7) is 16.6. The summed E-state index contributed by atoms with van der Waals surface area (Å²) < 4.78 is 0.